The van der Waals surface area contributed by atoms with Gasteiger partial charge in [-0.1, -0.05) is 13.0 Å². The molecule has 2 unspecified atom stereocenters. The molecule has 4 rings (SSSR count). The van der Waals surface area contributed by atoms with Crippen molar-refractivity contribution in [1.29, 1.82) is 0 Å². The zero-order valence-corrected chi connectivity index (χ0v) is 18.2. The Morgan fingerprint density at radius 3 is 2.47 bits per heavy atom. The molecular formula is C23H28N2O7. The number of hydrogen-bond donors (Lipinski definition) is 5. The number of nitrogens with two attached hydrogens (primary N) is 1. The summed E-state index contributed by atoms with van der Waals surface area (Å²) in [6.07, 6.45) is -0.388. The van der Waals surface area contributed by atoms with Crippen molar-refractivity contribution in [1.82, 2.24) is 4.90 Å². The maximum absolute atomic E-state index is 13.4. The van der Waals surface area contributed by atoms with Crippen molar-refractivity contribution in [3.05, 3.63) is 40.2 Å². The molecule has 6 atom stereocenters. The zero-order chi connectivity index (χ0) is 23.7. The van der Waals surface area contributed by atoms with Crippen LogP contribution in [0, 0.1) is 17.8 Å². The van der Waals surface area contributed by atoms with Crippen LogP contribution in [0.1, 0.15) is 34.8 Å². The molecule has 0 radical (unpaired) electrons. The Bertz CT molecular complexity index is 1060. The first kappa shape index (κ1) is 22.4. The number of aliphatic hydroxyl groups excluding tert-OH is 2. The number of ketones is 2. The number of rotatable bonds is 3. The van der Waals surface area contributed by atoms with Crippen LogP contribution in [0.4, 0.5) is 0 Å². The molecule has 1 amide bonds. The number of Topliss-reactive ketones (excluding diaryl/α,β-unsaturated/α-hetero) is 2. The molecule has 0 aliphatic heterocycles. The van der Waals surface area contributed by atoms with E-state index in [0.29, 0.717) is 18.4 Å². The third-order valence-electron chi connectivity index (χ3n) is 7.46. The molecule has 0 aromatic heterocycles. The monoisotopic (exact) mass is 444 g/mol. The maximum atomic E-state index is 13.4. The zero-order valence-electron chi connectivity index (χ0n) is 18.2. The highest BCUT2D eigenvalue weighted by atomic mass is 16.3. The van der Waals surface area contributed by atoms with Gasteiger partial charge in [-0.3, -0.25) is 14.4 Å². The summed E-state index contributed by atoms with van der Waals surface area (Å²) < 4.78 is 0. The lowest BCUT2D eigenvalue weighted by Gasteiger charge is -2.53. The fraction of sp³-hybridized carbons (Fsp3) is 0.522. The van der Waals surface area contributed by atoms with Gasteiger partial charge in [-0.15, -0.1) is 0 Å². The van der Waals surface area contributed by atoms with Crippen molar-refractivity contribution in [2.24, 2.45) is 23.5 Å². The molecular weight excluding hydrogens is 416 g/mol. The van der Waals surface area contributed by atoms with E-state index in [9.17, 15) is 34.8 Å². The number of benzene rings is 1. The van der Waals surface area contributed by atoms with Gasteiger partial charge in [0.15, 0.2) is 17.2 Å². The second kappa shape index (κ2) is 7.40. The third-order valence-corrected chi connectivity index (χ3v) is 7.46. The molecule has 1 saturated carbocycles. The van der Waals surface area contributed by atoms with Crippen molar-refractivity contribution < 1.29 is 34.8 Å². The van der Waals surface area contributed by atoms with Gasteiger partial charge in [0, 0.05) is 17.5 Å². The minimum atomic E-state index is -2.55. The topological polar surface area (TPSA) is 161 Å². The minimum absolute atomic E-state index is 0.0584. The van der Waals surface area contributed by atoms with E-state index in [-0.39, 0.29) is 23.3 Å². The number of aryl methyl sites for hydroxylation is 1. The number of aromatic hydroxyl groups is 1. The first-order valence-electron chi connectivity index (χ1n) is 10.7. The quantitative estimate of drug-likeness (QED) is 0.402. The summed E-state index contributed by atoms with van der Waals surface area (Å²) in [5.74, 6) is -7.17. The summed E-state index contributed by atoms with van der Waals surface area (Å²) in [5, 5.41) is 43.9. The molecule has 0 saturated heterocycles. The van der Waals surface area contributed by atoms with Gasteiger partial charge >= 0.3 is 0 Å². The summed E-state index contributed by atoms with van der Waals surface area (Å²) in [5.41, 5.74) is 4.31. The van der Waals surface area contributed by atoms with Gasteiger partial charge in [-0.25, -0.2) is 0 Å². The fourth-order valence-corrected chi connectivity index (χ4v) is 6.00. The van der Waals surface area contributed by atoms with E-state index < -0.39 is 58.7 Å². The summed E-state index contributed by atoms with van der Waals surface area (Å²) >= 11 is 0. The summed E-state index contributed by atoms with van der Waals surface area (Å²) in [6, 6.07) is 2.30. The van der Waals surface area contributed by atoms with Crippen molar-refractivity contribution >= 4 is 17.5 Å². The number of nitrogens with zero attached hydrogens (tertiary/aromatic N) is 1. The lowest BCUT2D eigenvalue weighted by atomic mass is 9.56. The molecule has 6 N–H and O–H groups in total. The van der Waals surface area contributed by atoms with E-state index in [1.165, 1.54) is 6.07 Å². The fourth-order valence-electron chi connectivity index (χ4n) is 6.00. The van der Waals surface area contributed by atoms with Crippen LogP contribution >= 0.6 is 0 Å². The lowest BCUT2D eigenvalue weighted by molar-refractivity contribution is -0.178. The van der Waals surface area contributed by atoms with E-state index in [4.69, 9.17) is 5.73 Å². The molecule has 0 bridgehead atoms. The molecule has 3 aliphatic carbocycles. The first-order valence-corrected chi connectivity index (χ1v) is 10.7. The van der Waals surface area contributed by atoms with Gasteiger partial charge in [0.2, 0.25) is 5.91 Å². The molecule has 32 heavy (non-hydrogen) atoms. The van der Waals surface area contributed by atoms with Crippen molar-refractivity contribution in [2.75, 3.05) is 14.1 Å². The second-order valence-corrected chi connectivity index (χ2v) is 9.24. The van der Waals surface area contributed by atoms with Crippen LogP contribution in [0.15, 0.2) is 23.5 Å². The van der Waals surface area contributed by atoms with Crippen molar-refractivity contribution in [3.8, 4) is 5.75 Å². The molecule has 9 nitrogen and oxygen atoms in total. The predicted molar refractivity (Wildman–Crippen MR) is 113 cm³/mol. The highest BCUT2D eigenvalue weighted by Crippen LogP contribution is 2.52. The molecule has 0 spiro atoms. The Hall–Kier alpha value is -2.75. The molecule has 0 heterocycles. The third kappa shape index (κ3) is 2.78. The Balaban J connectivity index is 1.95. The average molecular weight is 444 g/mol. The summed E-state index contributed by atoms with van der Waals surface area (Å²) in [4.78, 5) is 40.2. The standard InChI is InChI=1S/C23H28N2O7/c1-4-9-5-6-13(26)15-11(9)7-10-8-12-17(25(2)3)19(28)16(22(24)31)21(30)23(12,32)20(29)14(10)18(15)27/h5-6,10,12,16-17,19,26,28-29,32H,4,7-8H2,1-3H3,(H2,24,31)/t10-,12-,16?,17+,19?,23-/m0/s1. The van der Waals surface area contributed by atoms with Crippen molar-refractivity contribution in [3.63, 3.8) is 0 Å². The SMILES string of the molecule is CCc1ccc(O)c2c1C[C@H]1C[C@H]3[C@@H](N(C)C)C(O)C(C(N)=O)C(=O)[C@@]3(O)C(O)=C1C2=O. The number of phenolic OH excluding ortho intramolecular Hbond substituents is 1. The molecule has 1 aromatic carbocycles. The Morgan fingerprint density at radius 1 is 1.25 bits per heavy atom. The van der Waals surface area contributed by atoms with Crippen LogP contribution < -0.4 is 5.73 Å². The van der Waals surface area contributed by atoms with Gasteiger partial charge < -0.3 is 31.1 Å². The van der Waals surface area contributed by atoms with Gasteiger partial charge in [0.1, 0.15) is 17.4 Å². The number of fused-ring (bicyclic) bond motifs is 3. The van der Waals surface area contributed by atoms with E-state index in [1.807, 2.05) is 6.92 Å². The summed E-state index contributed by atoms with van der Waals surface area (Å²) in [6.45, 7) is 1.93. The van der Waals surface area contributed by atoms with Gasteiger partial charge in [-0.2, -0.15) is 0 Å². The second-order valence-electron chi connectivity index (χ2n) is 9.24. The van der Waals surface area contributed by atoms with E-state index >= 15 is 0 Å². The number of allylic oxidation sites excluding steroid dienone is 1. The highest BCUT2D eigenvalue weighted by molar-refractivity contribution is 6.15. The maximum Gasteiger partial charge on any atom is 0.230 e. The van der Waals surface area contributed by atoms with Crippen molar-refractivity contribution in [2.45, 2.75) is 43.9 Å². The Labute approximate surface area is 185 Å². The molecule has 172 valence electrons. The Morgan fingerprint density at radius 2 is 1.91 bits per heavy atom. The number of carbonyl (C=O) groups excluding carboxylic acids is 3. The molecule has 3 aliphatic rings. The van der Waals surface area contributed by atoms with Crippen LogP contribution in [-0.4, -0.2) is 74.6 Å². The first-order chi connectivity index (χ1) is 15.0. The van der Waals surface area contributed by atoms with E-state index in [1.54, 1.807) is 25.1 Å². The number of likely N-dealkylation sites (N-methyl/N-ethyl adjacent to an activating group) is 1. The van der Waals surface area contributed by atoms with E-state index in [2.05, 4.69) is 0 Å². The number of primary amides is 1. The van der Waals surface area contributed by atoms with E-state index in [0.717, 1.165) is 5.56 Å². The van der Waals surface area contributed by atoms with Crippen LogP contribution in [0.5, 0.6) is 5.75 Å². The van der Waals surface area contributed by atoms with Crippen LogP contribution in [-0.2, 0) is 22.4 Å². The lowest BCUT2D eigenvalue weighted by Crippen LogP contribution is -2.71. The van der Waals surface area contributed by atoms with Gasteiger partial charge in [-0.05, 0) is 56.5 Å². The normalized spacial score (nSPS) is 34.2. The number of hydrogen-bond acceptors (Lipinski definition) is 8. The minimum Gasteiger partial charge on any atom is -0.508 e. The number of phenols is 1. The predicted octanol–water partition coefficient (Wildman–Crippen LogP) is -0.152. The smallest absolute Gasteiger partial charge is 0.230 e. The van der Waals surface area contributed by atoms with Crippen LogP contribution in [0.2, 0.25) is 0 Å². The van der Waals surface area contributed by atoms with Crippen LogP contribution in [0.25, 0.3) is 0 Å². The number of aliphatic hydroxyl groups is 3. The highest BCUT2D eigenvalue weighted by Gasteiger charge is 2.66. The molecule has 1 aromatic rings. The summed E-state index contributed by atoms with van der Waals surface area (Å²) in [7, 11) is 3.26. The molecule has 9 heteroatoms. The average Bonchev–Trinajstić information content (AvgIpc) is 2.70. The van der Waals surface area contributed by atoms with Gasteiger partial charge in [0.25, 0.3) is 0 Å². The van der Waals surface area contributed by atoms with Gasteiger partial charge in [0.05, 0.1) is 11.7 Å². The Kier molecular flexibility index (Phi) is 5.19. The largest absolute Gasteiger partial charge is 0.508 e. The number of amides is 1. The number of carbonyl (C=O) groups is 3. The molecule has 1 fully saturated rings. The van der Waals surface area contributed by atoms with Crippen LogP contribution in [0.3, 0.4) is 0 Å².